The van der Waals surface area contributed by atoms with Crippen molar-refractivity contribution in [2.45, 2.75) is 50.5 Å². The number of H-pyrrole nitrogens is 1. The van der Waals surface area contributed by atoms with E-state index in [4.69, 9.17) is 0 Å². The lowest BCUT2D eigenvalue weighted by Gasteiger charge is -2.23. The molecule has 3 atom stereocenters. The lowest BCUT2D eigenvalue weighted by atomic mass is 9.93. The number of rotatable bonds is 3. The van der Waals surface area contributed by atoms with Gasteiger partial charge in [0.2, 0.25) is 0 Å². The molecule has 3 unspecified atom stereocenters. The van der Waals surface area contributed by atoms with Crippen molar-refractivity contribution in [1.29, 1.82) is 0 Å². The van der Waals surface area contributed by atoms with E-state index < -0.39 is 5.92 Å². The molecule has 3 aromatic rings. The number of alkyl halides is 2. The van der Waals surface area contributed by atoms with Crippen LogP contribution in [0.2, 0.25) is 0 Å². The van der Waals surface area contributed by atoms with Crippen LogP contribution in [-0.2, 0) is 0 Å². The standard InChI is InChI=1S/C18H22F2N6/c1-2-11-7-12(25-6-4-18(19,20)10-25)8-13(11)17-24-23-15-9-22-16-14(26(15)17)3-5-21-16/h3,5,9,11-13,21H,2,4,6-8,10H2,1H3. The maximum atomic E-state index is 13.7. The molecule has 0 amide bonds. The Bertz CT molecular complexity index is 948. The molecule has 138 valence electrons. The summed E-state index contributed by atoms with van der Waals surface area (Å²) in [6, 6.07) is 2.19. The third-order valence-electron chi connectivity index (χ3n) is 6.21. The second-order valence-corrected chi connectivity index (χ2v) is 7.70. The number of halogens is 2. The minimum absolute atomic E-state index is 0.0194. The minimum Gasteiger partial charge on any atom is -0.345 e. The Kier molecular flexibility index (Phi) is 3.53. The number of nitrogens with one attached hydrogen (secondary N) is 1. The third-order valence-corrected chi connectivity index (χ3v) is 6.21. The van der Waals surface area contributed by atoms with E-state index in [0.29, 0.717) is 12.5 Å². The fourth-order valence-corrected chi connectivity index (χ4v) is 4.87. The van der Waals surface area contributed by atoms with Crippen LogP contribution in [0.5, 0.6) is 0 Å². The molecule has 0 radical (unpaired) electrons. The Balaban J connectivity index is 1.51. The molecule has 1 saturated heterocycles. The molecule has 26 heavy (non-hydrogen) atoms. The zero-order chi connectivity index (χ0) is 17.9. The first kappa shape index (κ1) is 16.1. The Morgan fingerprint density at radius 2 is 2.19 bits per heavy atom. The SMILES string of the molecule is CCC1CC(N2CCC(F)(F)C2)CC1c1nnc2cnc3[nH]ccc3n12. The van der Waals surface area contributed by atoms with E-state index in [-0.39, 0.29) is 24.9 Å². The summed E-state index contributed by atoms with van der Waals surface area (Å²) >= 11 is 0. The maximum Gasteiger partial charge on any atom is 0.261 e. The molecule has 2 aliphatic rings. The van der Waals surface area contributed by atoms with Crippen LogP contribution in [0.4, 0.5) is 8.78 Å². The quantitative estimate of drug-likeness (QED) is 0.779. The van der Waals surface area contributed by atoms with Crippen molar-refractivity contribution < 1.29 is 8.78 Å². The van der Waals surface area contributed by atoms with Crippen LogP contribution in [-0.4, -0.2) is 54.5 Å². The Labute approximate surface area is 149 Å². The summed E-state index contributed by atoms with van der Waals surface area (Å²) in [6.45, 7) is 2.57. The molecule has 3 aromatic heterocycles. The normalized spacial score (nSPS) is 29.3. The molecular formula is C18H22F2N6. The highest BCUT2D eigenvalue weighted by molar-refractivity contribution is 5.74. The Morgan fingerprint density at radius 3 is 2.96 bits per heavy atom. The van der Waals surface area contributed by atoms with Crippen molar-refractivity contribution in [3.63, 3.8) is 0 Å². The summed E-state index contributed by atoms with van der Waals surface area (Å²) in [6.07, 6.45) is 6.40. The fraction of sp³-hybridized carbons (Fsp3) is 0.611. The van der Waals surface area contributed by atoms with Crippen LogP contribution >= 0.6 is 0 Å². The number of nitrogens with zero attached hydrogens (tertiary/aromatic N) is 5. The first-order chi connectivity index (χ1) is 12.6. The van der Waals surface area contributed by atoms with Crippen molar-refractivity contribution in [2.24, 2.45) is 5.92 Å². The molecule has 4 heterocycles. The molecule has 1 saturated carbocycles. The molecule has 2 fully saturated rings. The molecule has 0 aromatic carbocycles. The third kappa shape index (κ3) is 2.42. The van der Waals surface area contributed by atoms with Gasteiger partial charge in [0.15, 0.2) is 11.3 Å². The lowest BCUT2D eigenvalue weighted by molar-refractivity contribution is 0.00765. The van der Waals surface area contributed by atoms with Gasteiger partial charge in [0.1, 0.15) is 5.82 Å². The highest BCUT2D eigenvalue weighted by Gasteiger charge is 2.45. The fourth-order valence-electron chi connectivity index (χ4n) is 4.87. The van der Waals surface area contributed by atoms with E-state index >= 15 is 0 Å². The number of likely N-dealkylation sites (tertiary alicyclic amines) is 1. The number of fused-ring (bicyclic) bond motifs is 3. The van der Waals surface area contributed by atoms with Gasteiger partial charge in [-0.1, -0.05) is 13.3 Å². The van der Waals surface area contributed by atoms with E-state index in [1.54, 1.807) is 6.20 Å². The molecule has 1 N–H and O–H groups in total. The van der Waals surface area contributed by atoms with Gasteiger partial charge in [-0.2, -0.15) is 0 Å². The lowest BCUT2D eigenvalue weighted by Crippen LogP contribution is -2.33. The van der Waals surface area contributed by atoms with Crippen molar-refractivity contribution in [2.75, 3.05) is 13.1 Å². The molecule has 1 aliphatic heterocycles. The zero-order valence-corrected chi connectivity index (χ0v) is 14.7. The summed E-state index contributed by atoms with van der Waals surface area (Å²) in [5.74, 6) is -0.935. The summed E-state index contributed by atoms with van der Waals surface area (Å²) in [4.78, 5) is 9.49. The van der Waals surface area contributed by atoms with Crippen molar-refractivity contribution in [3.8, 4) is 0 Å². The zero-order valence-electron chi connectivity index (χ0n) is 14.7. The molecule has 8 heteroatoms. The summed E-state index contributed by atoms with van der Waals surface area (Å²) in [7, 11) is 0. The average Bonchev–Trinajstić information content (AvgIpc) is 3.37. The summed E-state index contributed by atoms with van der Waals surface area (Å²) < 4.78 is 29.4. The Morgan fingerprint density at radius 1 is 1.31 bits per heavy atom. The second kappa shape index (κ2) is 5.70. The monoisotopic (exact) mass is 360 g/mol. The van der Waals surface area contributed by atoms with Crippen molar-refractivity contribution in [1.82, 2.24) is 29.5 Å². The van der Waals surface area contributed by atoms with E-state index in [1.807, 2.05) is 17.2 Å². The number of hydrogen-bond acceptors (Lipinski definition) is 4. The van der Waals surface area contributed by atoms with E-state index in [9.17, 15) is 8.78 Å². The molecular weight excluding hydrogens is 338 g/mol. The smallest absolute Gasteiger partial charge is 0.261 e. The van der Waals surface area contributed by atoms with Crippen LogP contribution < -0.4 is 0 Å². The molecule has 6 nitrogen and oxygen atoms in total. The molecule has 0 spiro atoms. The van der Waals surface area contributed by atoms with Gasteiger partial charge >= 0.3 is 0 Å². The molecule has 1 aliphatic carbocycles. The van der Waals surface area contributed by atoms with Gasteiger partial charge in [-0.25, -0.2) is 13.8 Å². The van der Waals surface area contributed by atoms with Crippen LogP contribution in [0.3, 0.4) is 0 Å². The average molecular weight is 360 g/mol. The van der Waals surface area contributed by atoms with Gasteiger partial charge in [-0.3, -0.25) is 9.30 Å². The predicted molar refractivity (Wildman–Crippen MR) is 93.3 cm³/mol. The van der Waals surface area contributed by atoms with E-state index in [0.717, 1.165) is 41.9 Å². The number of hydrogen-bond donors (Lipinski definition) is 1. The highest BCUT2D eigenvalue weighted by Crippen LogP contribution is 2.45. The Hall–Kier alpha value is -2.09. The summed E-state index contributed by atoms with van der Waals surface area (Å²) in [5.41, 5.74) is 2.51. The van der Waals surface area contributed by atoms with Gasteiger partial charge in [-0.05, 0) is 24.8 Å². The summed E-state index contributed by atoms with van der Waals surface area (Å²) in [5, 5.41) is 8.80. The first-order valence-corrected chi connectivity index (χ1v) is 9.35. The first-order valence-electron chi connectivity index (χ1n) is 9.35. The van der Waals surface area contributed by atoms with Crippen molar-refractivity contribution in [3.05, 3.63) is 24.3 Å². The van der Waals surface area contributed by atoms with Crippen LogP contribution in [0.1, 0.15) is 44.3 Å². The van der Waals surface area contributed by atoms with Crippen LogP contribution in [0.25, 0.3) is 16.8 Å². The van der Waals surface area contributed by atoms with Crippen LogP contribution in [0, 0.1) is 5.92 Å². The largest absolute Gasteiger partial charge is 0.345 e. The van der Waals surface area contributed by atoms with Gasteiger partial charge < -0.3 is 4.98 Å². The van der Waals surface area contributed by atoms with Gasteiger partial charge in [0.05, 0.1) is 18.3 Å². The van der Waals surface area contributed by atoms with E-state index in [2.05, 4.69) is 31.5 Å². The number of aromatic nitrogens is 5. The topological polar surface area (TPSA) is 62.1 Å². The van der Waals surface area contributed by atoms with Gasteiger partial charge in [0, 0.05) is 31.1 Å². The van der Waals surface area contributed by atoms with Gasteiger partial charge in [0.25, 0.3) is 5.92 Å². The van der Waals surface area contributed by atoms with E-state index in [1.165, 1.54) is 0 Å². The second-order valence-electron chi connectivity index (χ2n) is 7.70. The highest BCUT2D eigenvalue weighted by atomic mass is 19.3. The molecule has 0 bridgehead atoms. The molecule has 5 rings (SSSR count). The predicted octanol–water partition coefficient (Wildman–Crippen LogP) is 3.22. The van der Waals surface area contributed by atoms with Crippen LogP contribution in [0.15, 0.2) is 18.5 Å². The number of aromatic amines is 1. The van der Waals surface area contributed by atoms with Crippen molar-refractivity contribution >= 4 is 16.8 Å². The maximum absolute atomic E-state index is 13.7. The minimum atomic E-state index is -2.54. The van der Waals surface area contributed by atoms with Gasteiger partial charge in [-0.15, -0.1) is 10.2 Å².